The second-order valence-corrected chi connectivity index (χ2v) is 0.250. The number of carbonyl (C=O) groups excluding carboxylic acids is 1. The van der Waals surface area contributed by atoms with Crippen molar-refractivity contribution in [3.05, 3.63) is 0 Å². The fraction of sp³-hybridized carbons (Fsp3) is 0. The molecular formula is CFeMnO3. The summed E-state index contributed by atoms with van der Waals surface area (Å²) in [6.45, 7) is 0. The first kappa shape index (κ1) is 16.2. The van der Waals surface area contributed by atoms with E-state index >= 15 is 0 Å². The van der Waals surface area contributed by atoms with Crippen molar-refractivity contribution >= 4 is 6.16 Å². The van der Waals surface area contributed by atoms with E-state index in [-0.39, 0.29) is 34.1 Å². The minimum Gasteiger partial charge on any atom is -0.652 e. The first-order valence-corrected chi connectivity index (χ1v) is 0.612. The van der Waals surface area contributed by atoms with E-state index in [4.69, 9.17) is 15.0 Å². The van der Waals surface area contributed by atoms with Gasteiger partial charge in [0.25, 0.3) is 0 Å². The Morgan fingerprint density at radius 3 is 1.33 bits per heavy atom. The van der Waals surface area contributed by atoms with Gasteiger partial charge >= 0.3 is 17.1 Å². The van der Waals surface area contributed by atoms with E-state index in [2.05, 4.69) is 0 Å². The molecule has 0 aliphatic rings. The van der Waals surface area contributed by atoms with Crippen LogP contribution < -0.4 is 10.2 Å². The van der Waals surface area contributed by atoms with E-state index in [1.54, 1.807) is 0 Å². The van der Waals surface area contributed by atoms with Gasteiger partial charge in [-0.2, -0.15) is 0 Å². The molecule has 0 bridgehead atoms. The number of rotatable bonds is 0. The quantitative estimate of drug-likeness (QED) is 0.380. The molecule has 6 heavy (non-hydrogen) atoms. The Labute approximate surface area is 55.7 Å². The van der Waals surface area contributed by atoms with Crippen molar-refractivity contribution < 1.29 is 49.1 Å². The minimum absolute atomic E-state index is 0. The summed E-state index contributed by atoms with van der Waals surface area (Å²) in [4.78, 5) is 8.33. The molecule has 5 heteroatoms. The fourth-order valence-electron chi connectivity index (χ4n) is 0. The molecule has 37 valence electrons. The third-order valence-corrected chi connectivity index (χ3v) is 0. The van der Waals surface area contributed by atoms with Gasteiger partial charge in [0.15, 0.2) is 0 Å². The van der Waals surface area contributed by atoms with Crippen LogP contribution in [0.15, 0.2) is 0 Å². The summed E-state index contributed by atoms with van der Waals surface area (Å²) >= 11 is 0. The maximum atomic E-state index is 8.33. The van der Waals surface area contributed by atoms with Crippen LogP contribution in [0.25, 0.3) is 0 Å². The summed E-state index contributed by atoms with van der Waals surface area (Å²) in [7, 11) is 0. The minimum atomic E-state index is -2.33. The predicted molar refractivity (Wildman–Crippen MR) is 5.40 cm³/mol. The summed E-state index contributed by atoms with van der Waals surface area (Å²) in [5.41, 5.74) is 0. The van der Waals surface area contributed by atoms with Crippen LogP contribution in [-0.2, 0) is 34.1 Å². The van der Waals surface area contributed by atoms with E-state index in [1.165, 1.54) is 0 Å². The average Bonchev–Trinajstić information content (AvgIpc) is 0.811. The molecule has 1 radical (unpaired) electrons. The molecule has 0 amide bonds. The average molecular weight is 171 g/mol. The van der Waals surface area contributed by atoms with Gasteiger partial charge in [0.1, 0.15) is 0 Å². The van der Waals surface area contributed by atoms with Crippen LogP contribution in [0.5, 0.6) is 0 Å². The molecule has 0 aromatic carbocycles. The van der Waals surface area contributed by atoms with Crippen molar-refractivity contribution in [2.45, 2.75) is 0 Å². The first-order chi connectivity index (χ1) is 1.73. The smallest absolute Gasteiger partial charge is 0.652 e. The molecule has 0 spiro atoms. The molecule has 0 aromatic heterocycles. The van der Waals surface area contributed by atoms with Crippen molar-refractivity contribution in [2.24, 2.45) is 0 Å². The van der Waals surface area contributed by atoms with Gasteiger partial charge in [-0.15, -0.1) is 0 Å². The normalized spacial score (nSPS) is 4.00. The Kier molecular flexibility index (Phi) is 24.4. The van der Waals surface area contributed by atoms with E-state index in [0.29, 0.717) is 0 Å². The topological polar surface area (TPSA) is 63.2 Å². The molecule has 0 heterocycles. The molecule has 0 aliphatic heterocycles. The monoisotopic (exact) mass is 171 g/mol. The van der Waals surface area contributed by atoms with E-state index < -0.39 is 6.16 Å². The zero-order valence-electron chi connectivity index (χ0n) is 2.46. The SMILES string of the molecule is O=C([O-])[O-].[Fe].[Mn+2]. The molecule has 0 aromatic rings. The van der Waals surface area contributed by atoms with E-state index in [1.807, 2.05) is 0 Å². The van der Waals surface area contributed by atoms with Crippen LogP contribution in [0.3, 0.4) is 0 Å². The van der Waals surface area contributed by atoms with Gasteiger partial charge < -0.3 is 15.0 Å². The second-order valence-electron chi connectivity index (χ2n) is 0.250. The van der Waals surface area contributed by atoms with Crippen molar-refractivity contribution in [3.8, 4) is 0 Å². The zero-order chi connectivity index (χ0) is 3.58. The summed E-state index contributed by atoms with van der Waals surface area (Å²) in [6, 6.07) is 0. The van der Waals surface area contributed by atoms with Gasteiger partial charge in [-0.3, -0.25) is 0 Å². The van der Waals surface area contributed by atoms with Crippen LogP contribution >= 0.6 is 0 Å². The van der Waals surface area contributed by atoms with Gasteiger partial charge in [0, 0.05) is 17.1 Å². The fourth-order valence-corrected chi connectivity index (χ4v) is 0. The Hall–Kier alpha value is 0.309. The molecule has 0 aliphatic carbocycles. The van der Waals surface area contributed by atoms with Gasteiger partial charge in [0.05, 0.1) is 0 Å². The molecule has 0 N–H and O–H groups in total. The van der Waals surface area contributed by atoms with Crippen molar-refractivity contribution in [1.29, 1.82) is 0 Å². The van der Waals surface area contributed by atoms with Gasteiger partial charge in [-0.25, -0.2) is 0 Å². The van der Waals surface area contributed by atoms with Crippen LogP contribution in [0.1, 0.15) is 0 Å². The Morgan fingerprint density at radius 1 is 1.33 bits per heavy atom. The third kappa shape index (κ3) is 494. The Morgan fingerprint density at radius 2 is 1.33 bits per heavy atom. The first-order valence-electron chi connectivity index (χ1n) is 0.612. The number of carbonyl (C=O) groups is 1. The Bertz CT molecular complexity index is 33.8. The predicted octanol–water partition coefficient (Wildman–Crippen LogP) is -2.45. The van der Waals surface area contributed by atoms with E-state index in [9.17, 15) is 0 Å². The van der Waals surface area contributed by atoms with Crippen LogP contribution in [-0.4, -0.2) is 6.16 Å². The van der Waals surface area contributed by atoms with Gasteiger partial charge in [-0.05, 0) is 6.16 Å². The van der Waals surface area contributed by atoms with Crippen molar-refractivity contribution in [2.75, 3.05) is 0 Å². The summed E-state index contributed by atoms with van der Waals surface area (Å²) in [5.74, 6) is 0. The molecular weight excluding hydrogens is 171 g/mol. The van der Waals surface area contributed by atoms with E-state index in [0.717, 1.165) is 0 Å². The molecule has 0 saturated carbocycles. The second kappa shape index (κ2) is 9.00. The Balaban J connectivity index is -0.0000000450. The summed E-state index contributed by atoms with van der Waals surface area (Å²) < 4.78 is 0. The largest absolute Gasteiger partial charge is 2.00 e. The van der Waals surface area contributed by atoms with Gasteiger partial charge in [-0.1, -0.05) is 0 Å². The number of carboxylic acid groups (broad SMARTS) is 2. The molecule has 0 rings (SSSR count). The maximum absolute atomic E-state index is 8.33. The maximum Gasteiger partial charge on any atom is 2.00 e. The van der Waals surface area contributed by atoms with Crippen LogP contribution in [0, 0.1) is 0 Å². The van der Waals surface area contributed by atoms with Crippen molar-refractivity contribution in [1.82, 2.24) is 0 Å². The molecule has 0 atom stereocenters. The third-order valence-electron chi connectivity index (χ3n) is 0. The molecule has 0 saturated heterocycles. The summed E-state index contributed by atoms with van der Waals surface area (Å²) in [6.07, 6.45) is -2.33. The van der Waals surface area contributed by atoms with Crippen LogP contribution in [0.4, 0.5) is 4.79 Å². The molecule has 3 nitrogen and oxygen atoms in total. The van der Waals surface area contributed by atoms with Crippen molar-refractivity contribution in [3.63, 3.8) is 0 Å². The molecule has 0 unspecified atom stereocenters. The summed E-state index contributed by atoms with van der Waals surface area (Å²) in [5, 5.41) is 16.7. The van der Waals surface area contributed by atoms with Crippen LogP contribution in [0.2, 0.25) is 0 Å². The number of hydrogen-bond donors (Lipinski definition) is 0. The van der Waals surface area contributed by atoms with Gasteiger partial charge in [0.2, 0.25) is 0 Å². The molecule has 0 fully saturated rings. The number of hydrogen-bond acceptors (Lipinski definition) is 3. The standard InChI is InChI=1S/CH2O3.Fe.Mn/c2-1(3)4;;/h(H2,2,3,4);;/q;;+2/p-2. The zero-order valence-corrected chi connectivity index (χ0v) is 4.74.